The highest BCUT2D eigenvalue weighted by Gasteiger charge is 2.35. The third kappa shape index (κ3) is 5.12. The molecule has 16 heavy (non-hydrogen) atoms. The molecule has 0 aliphatic rings. The van der Waals surface area contributed by atoms with Crippen molar-refractivity contribution in [3.05, 3.63) is 0 Å². The number of aliphatic carboxylic acids is 1. The van der Waals surface area contributed by atoms with Crippen molar-refractivity contribution in [2.24, 2.45) is 0 Å². The molecule has 0 saturated heterocycles. The van der Waals surface area contributed by atoms with Crippen molar-refractivity contribution in [2.75, 3.05) is 0 Å². The molecule has 0 heterocycles. The van der Waals surface area contributed by atoms with E-state index in [4.69, 9.17) is 9.53 Å². The Morgan fingerprint density at radius 1 is 1.19 bits per heavy atom. The van der Waals surface area contributed by atoms with Gasteiger partial charge in [0.05, 0.1) is 5.60 Å². The van der Waals surface area contributed by atoms with E-state index in [0.29, 0.717) is 6.42 Å². The maximum Gasteiger partial charge on any atom is 0.303 e. The van der Waals surface area contributed by atoms with Crippen molar-refractivity contribution in [3.63, 3.8) is 0 Å². The zero-order valence-corrected chi connectivity index (χ0v) is 12.3. The zero-order chi connectivity index (χ0) is 12.8. The summed E-state index contributed by atoms with van der Waals surface area (Å²) in [5.74, 6) is -0.742. The summed E-state index contributed by atoms with van der Waals surface area (Å²) < 4.78 is 6.30. The highest BCUT2D eigenvalue weighted by Crippen LogP contribution is 2.30. The van der Waals surface area contributed by atoms with E-state index < -0.39 is 14.3 Å². The predicted molar refractivity (Wildman–Crippen MR) is 69.2 cm³/mol. The molecule has 0 aromatic heterocycles. The summed E-state index contributed by atoms with van der Waals surface area (Å²) >= 11 is 0. The molecule has 0 aromatic rings. The van der Waals surface area contributed by atoms with E-state index in [1.165, 1.54) is 0 Å². The Morgan fingerprint density at radius 2 is 1.62 bits per heavy atom. The second-order valence-corrected chi connectivity index (χ2v) is 9.69. The van der Waals surface area contributed by atoms with Crippen LogP contribution in [0.15, 0.2) is 0 Å². The van der Waals surface area contributed by atoms with Gasteiger partial charge in [-0.3, -0.25) is 4.79 Å². The number of rotatable bonds is 8. The monoisotopic (exact) mass is 246 g/mol. The highest BCUT2D eigenvalue weighted by molar-refractivity contribution is 6.73. The van der Waals surface area contributed by atoms with Crippen LogP contribution in [0.5, 0.6) is 0 Å². The summed E-state index contributed by atoms with van der Waals surface area (Å²) in [7, 11) is -1.62. The number of hydrogen-bond donors (Lipinski definition) is 1. The minimum absolute atomic E-state index is 0.189. The molecule has 0 radical (unpaired) electrons. The third-order valence-electron chi connectivity index (χ3n) is 3.37. The van der Waals surface area contributed by atoms with Gasteiger partial charge >= 0.3 is 5.97 Å². The fourth-order valence-electron chi connectivity index (χ4n) is 2.01. The second-order valence-electron chi connectivity index (χ2n) is 5.00. The molecule has 0 bridgehead atoms. The van der Waals surface area contributed by atoms with E-state index in [2.05, 4.69) is 20.8 Å². The predicted octanol–water partition coefficient (Wildman–Crippen LogP) is 3.65. The van der Waals surface area contributed by atoms with E-state index in [1.807, 2.05) is 13.8 Å². The summed E-state index contributed by atoms with van der Waals surface area (Å²) in [6.45, 7) is 10.6. The molecule has 0 saturated carbocycles. The standard InChI is InChI=1S/C12H26O3Si/c1-6-16(7-2,8-3)15-12(4,5)10-9-11(13)14/h6-10H2,1-5H3,(H,13,14). The highest BCUT2D eigenvalue weighted by atomic mass is 28.4. The van der Waals surface area contributed by atoms with Crippen LogP contribution in [0.25, 0.3) is 0 Å². The molecule has 0 aliphatic heterocycles. The lowest BCUT2D eigenvalue weighted by atomic mass is 10.0. The van der Waals surface area contributed by atoms with Crippen LogP contribution in [0.2, 0.25) is 18.1 Å². The fourth-order valence-corrected chi connectivity index (χ4v) is 5.22. The Kier molecular flexibility index (Phi) is 6.26. The van der Waals surface area contributed by atoms with Crippen molar-refractivity contribution in [1.29, 1.82) is 0 Å². The van der Waals surface area contributed by atoms with Gasteiger partial charge in [-0.05, 0) is 38.4 Å². The van der Waals surface area contributed by atoms with Crippen molar-refractivity contribution in [3.8, 4) is 0 Å². The smallest absolute Gasteiger partial charge is 0.303 e. The Labute approximate surface area is 100 Å². The molecular formula is C12H26O3Si. The van der Waals surface area contributed by atoms with E-state index >= 15 is 0 Å². The number of carbonyl (C=O) groups is 1. The average molecular weight is 246 g/mol. The molecule has 0 fully saturated rings. The van der Waals surface area contributed by atoms with Crippen molar-refractivity contribution in [2.45, 2.75) is 71.2 Å². The van der Waals surface area contributed by atoms with E-state index in [0.717, 1.165) is 18.1 Å². The summed E-state index contributed by atoms with van der Waals surface area (Å²) in [6, 6.07) is 3.32. The van der Waals surface area contributed by atoms with Crippen LogP contribution in [0.1, 0.15) is 47.5 Å². The first-order chi connectivity index (χ1) is 7.31. The normalized spacial score (nSPS) is 12.8. The van der Waals surface area contributed by atoms with Crippen LogP contribution in [-0.4, -0.2) is 25.0 Å². The second kappa shape index (κ2) is 6.40. The van der Waals surface area contributed by atoms with Gasteiger partial charge in [0.15, 0.2) is 8.32 Å². The molecular weight excluding hydrogens is 220 g/mol. The van der Waals surface area contributed by atoms with Crippen molar-refractivity contribution < 1.29 is 14.3 Å². The lowest BCUT2D eigenvalue weighted by Gasteiger charge is -2.38. The van der Waals surface area contributed by atoms with Crippen molar-refractivity contribution >= 4 is 14.3 Å². The zero-order valence-electron chi connectivity index (χ0n) is 11.3. The van der Waals surface area contributed by atoms with Gasteiger partial charge < -0.3 is 9.53 Å². The molecule has 0 aliphatic carbocycles. The number of hydrogen-bond acceptors (Lipinski definition) is 2. The van der Waals surface area contributed by atoms with Crippen LogP contribution < -0.4 is 0 Å². The van der Waals surface area contributed by atoms with Gasteiger partial charge in [0, 0.05) is 6.42 Å². The van der Waals surface area contributed by atoms with Crippen LogP contribution >= 0.6 is 0 Å². The van der Waals surface area contributed by atoms with Crippen LogP contribution in [0.4, 0.5) is 0 Å². The minimum atomic E-state index is -1.62. The Bertz CT molecular complexity index is 214. The van der Waals surface area contributed by atoms with E-state index in [-0.39, 0.29) is 12.0 Å². The summed E-state index contributed by atoms with van der Waals surface area (Å²) in [5.41, 5.74) is -0.299. The molecule has 0 spiro atoms. The quantitative estimate of drug-likeness (QED) is 0.665. The molecule has 3 nitrogen and oxygen atoms in total. The maximum atomic E-state index is 10.6. The number of carboxylic acid groups (broad SMARTS) is 1. The molecule has 96 valence electrons. The van der Waals surface area contributed by atoms with Crippen LogP contribution in [-0.2, 0) is 9.22 Å². The lowest BCUT2D eigenvalue weighted by Crippen LogP contribution is -2.44. The Balaban J connectivity index is 4.46. The number of carboxylic acids is 1. The summed E-state index contributed by atoms with van der Waals surface area (Å²) in [4.78, 5) is 10.6. The Hall–Kier alpha value is -0.353. The van der Waals surface area contributed by atoms with Gasteiger partial charge in [-0.15, -0.1) is 0 Å². The third-order valence-corrected chi connectivity index (χ3v) is 8.22. The summed E-state index contributed by atoms with van der Waals surface area (Å²) in [6.07, 6.45) is 0.783. The van der Waals surface area contributed by atoms with Gasteiger partial charge in [-0.2, -0.15) is 0 Å². The van der Waals surface area contributed by atoms with Gasteiger partial charge in [0.2, 0.25) is 0 Å². The lowest BCUT2D eigenvalue weighted by molar-refractivity contribution is -0.138. The van der Waals surface area contributed by atoms with Gasteiger partial charge in [-0.25, -0.2) is 0 Å². The molecule has 0 rings (SSSR count). The van der Waals surface area contributed by atoms with Gasteiger partial charge in [0.25, 0.3) is 0 Å². The average Bonchev–Trinajstić information content (AvgIpc) is 2.24. The molecule has 0 atom stereocenters. The largest absolute Gasteiger partial charge is 0.481 e. The van der Waals surface area contributed by atoms with Crippen LogP contribution in [0.3, 0.4) is 0 Å². The topological polar surface area (TPSA) is 46.5 Å². The molecule has 0 aromatic carbocycles. The first-order valence-electron chi connectivity index (χ1n) is 6.23. The fraction of sp³-hybridized carbons (Fsp3) is 0.917. The van der Waals surface area contributed by atoms with Gasteiger partial charge in [-0.1, -0.05) is 20.8 Å². The SMILES string of the molecule is CC[Si](CC)(CC)OC(C)(C)CCC(=O)O. The van der Waals surface area contributed by atoms with Crippen LogP contribution in [0, 0.1) is 0 Å². The first kappa shape index (κ1) is 15.6. The van der Waals surface area contributed by atoms with E-state index in [9.17, 15) is 4.79 Å². The molecule has 0 unspecified atom stereocenters. The van der Waals surface area contributed by atoms with E-state index in [1.54, 1.807) is 0 Å². The van der Waals surface area contributed by atoms with Gasteiger partial charge in [0.1, 0.15) is 0 Å². The molecule has 0 amide bonds. The molecule has 4 heteroatoms. The minimum Gasteiger partial charge on any atom is -0.481 e. The maximum absolute atomic E-state index is 10.6. The summed E-state index contributed by atoms with van der Waals surface area (Å²) in [5, 5.41) is 8.70. The molecule has 1 N–H and O–H groups in total. The van der Waals surface area contributed by atoms with Crippen molar-refractivity contribution in [1.82, 2.24) is 0 Å². The first-order valence-corrected chi connectivity index (χ1v) is 8.75. The Morgan fingerprint density at radius 3 is 1.94 bits per heavy atom.